The Kier molecular flexibility index (Phi) is 3.76. The van der Waals surface area contributed by atoms with Gasteiger partial charge in [-0.2, -0.15) is 0 Å². The SMILES string of the molecule is OCc1ccc(Sc2ccc(F)c(F)c2)cc1. The summed E-state index contributed by atoms with van der Waals surface area (Å²) in [6.07, 6.45) is 0. The van der Waals surface area contributed by atoms with Crippen molar-refractivity contribution in [3.05, 3.63) is 59.7 Å². The number of benzene rings is 2. The van der Waals surface area contributed by atoms with E-state index >= 15 is 0 Å². The smallest absolute Gasteiger partial charge is 0.159 e. The first-order valence-electron chi connectivity index (χ1n) is 5.02. The molecule has 4 heteroatoms. The van der Waals surface area contributed by atoms with Gasteiger partial charge in [0.2, 0.25) is 0 Å². The lowest BCUT2D eigenvalue weighted by Gasteiger charge is -2.03. The third kappa shape index (κ3) is 3.05. The Hall–Kier alpha value is -1.39. The van der Waals surface area contributed by atoms with Gasteiger partial charge in [0, 0.05) is 9.79 Å². The first kappa shape index (κ1) is 12.1. The van der Waals surface area contributed by atoms with Gasteiger partial charge in [-0.05, 0) is 35.9 Å². The third-order valence-electron chi connectivity index (χ3n) is 2.23. The van der Waals surface area contributed by atoms with Crippen LogP contribution < -0.4 is 0 Å². The zero-order chi connectivity index (χ0) is 12.3. The van der Waals surface area contributed by atoms with Crippen LogP contribution in [0.2, 0.25) is 0 Å². The Morgan fingerprint density at radius 2 is 1.53 bits per heavy atom. The molecule has 0 aromatic heterocycles. The zero-order valence-corrected chi connectivity index (χ0v) is 9.68. The fourth-order valence-corrected chi connectivity index (χ4v) is 2.18. The van der Waals surface area contributed by atoms with Gasteiger partial charge in [0.15, 0.2) is 11.6 Å². The number of hydrogen-bond acceptors (Lipinski definition) is 2. The van der Waals surface area contributed by atoms with Crippen LogP contribution in [0.25, 0.3) is 0 Å². The Balaban J connectivity index is 2.16. The lowest BCUT2D eigenvalue weighted by molar-refractivity contribution is 0.282. The highest BCUT2D eigenvalue weighted by molar-refractivity contribution is 7.99. The van der Waals surface area contributed by atoms with Gasteiger partial charge >= 0.3 is 0 Å². The van der Waals surface area contributed by atoms with Crippen LogP contribution in [0.15, 0.2) is 52.3 Å². The molecule has 2 aromatic rings. The summed E-state index contributed by atoms with van der Waals surface area (Å²) >= 11 is 1.34. The summed E-state index contributed by atoms with van der Waals surface area (Å²) in [4.78, 5) is 1.55. The van der Waals surface area contributed by atoms with Crippen molar-refractivity contribution in [1.82, 2.24) is 0 Å². The molecule has 0 bridgehead atoms. The number of halogens is 2. The molecule has 0 atom stereocenters. The number of rotatable bonds is 3. The predicted octanol–water partition coefficient (Wildman–Crippen LogP) is 3.61. The van der Waals surface area contributed by atoms with Gasteiger partial charge in [-0.25, -0.2) is 8.78 Å². The predicted molar refractivity (Wildman–Crippen MR) is 62.8 cm³/mol. The molecule has 0 aliphatic heterocycles. The van der Waals surface area contributed by atoms with E-state index in [9.17, 15) is 8.78 Å². The molecule has 0 spiro atoms. The molecule has 0 aliphatic rings. The normalized spacial score (nSPS) is 10.5. The molecular weight excluding hydrogens is 242 g/mol. The molecule has 0 heterocycles. The highest BCUT2D eigenvalue weighted by Crippen LogP contribution is 2.28. The molecule has 0 aliphatic carbocycles. The van der Waals surface area contributed by atoms with E-state index in [-0.39, 0.29) is 6.61 Å². The van der Waals surface area contributed by atoms with E-state index in [2.05, 4.69) is 0 Å². The number of aliphatic hydroxyl groups is 1. The number of hydrogen-bond donors (Lipinski definition) is 1. The summed E-state index contributed by atoms with van der Waals surface area (Å²) in [5, 5.41) is 8.89. The first-order chi connectivity index (χ1) is 8.19. The van der Waals surface area contributed by atoms with E-state index < -0.39 is 11.6 Å². The van der Waals surface area contributed by atoms with E-state index in [1.807, 2.05) is 12.1 Å². The molecule has 0 fully saturated rings. The summed E-state index contributed by atoms with van der Waals surface area (Å²) in [5.74, 6) is -1.69. The summed E-state index contributed by atoms with van der Waals surface area (Å²) in [7, 11) is 0. The van der Waals surface area contributed by atoms with Crippen LogP contribution in [-0.2, 0) is 6.61 Å². The molecule has 0 radical (unpaired) electrons. The Labute approximate surface area is 102 Å². The maximum absolute atomic E-state index is 13.0. The molecular formula is C13H10F2OS. The summed E-state index contributed by atoms with van der Waals surface area (Å²) in [6, 6.07) is 11.1. The maximum atomic E-state index is 13.0. The Morgan fingerprint density at radius 3 is 2.12 bits per heavy atom. The van der Waals surface area contributed by atoms with Gasteiger partial charge in [0.05, 0.1) is 6.61 Å². The highest BCUT2D eigenvalue weighted by atomic mass is 32.2. The van der Waals surface area contributed by atoms with Crippen molar-refractivity contribution in [2.75, 3.05) is 0 Å². The second kappa shape index (κ2) is 5.29. The Bertz CT molecular complexity index is 511. The van der Waals surface area contributed by atoms with Crippen molar-refractivity contribution in [2.45, 2.75) is 16.4 Å². The summed E-state index contributed by atoms with van der Waals surface area (Å²) in [5.41, 5.74) is 0.819. The molecule has 1 nitrogen and oxygen atoms in total. The van der Waals surface area contributed by atoms with Crippen molar-refractivity contribution < 1.29 is 13.9 Å². The van der Waals surface area contributed by atoms with Gasteiger partial charge in [-0.15, -0.1) is 0 Å². The summed E-state index contributed by atoms with van der Waals surface area (Å²) in [6.45, 7) is -0.00385. The molecule has 0 amide bonds. The van der Waals surface area contributed by atoms with Crippen LogP contribution in [-0.4, -0.2) is 5.11 Å². The topological polar surface area (TPSA) is 20.2 Å². The standard InChI is InChI=1S/C13H10F2OS/c14-12-6-5-11(7-13(12)15)17-10-3-1-9(8-16)2-4-10/h1-7,16H,8H2. The van der Waals surface area contributed by atoms with Crippen LogP contribution in [0, 0.1) is 11.6 Å². The lowest BCUT2D eigenvalue weighted by Crippen LogP contribution is -1.84. The molecule has 2 aromatic carbocycles. The monoisotopic (exact) mass is 252 g/mol. The molecule has 0 saturated heterocycles. The fraction of sp³-hybridized carbons (Fsp3) is 0.0769. The van der Waals surface area contributed by atoms with E-state index in [1.54, 1.807) is 12.1 Å². The third-order valence-corrected chi connectivity index (χ3v) is 3.23. The molecule has 0 unspecified atom stereocenters. The fourth-order valence-electron chi connectivity index (χ4n) is 1.34. The average Bonchev–Trinajstić information content (AvgIpc) is 2.35. The van der Waals surface area contributed by atoms with Crippen molar-refractivity contribution in [3.8, 4) is 0 Å². The van der Waals surface area contributed by atoms with Crippen LogP contribution in [0.1, 0.15) is 5.56 Å². The Morgan fingerprint density at radius 1 is 0.882 bits per heavy atom. The second-order valence-electron chi connectivity index (χ2n) is 3.48. The van der Waals surface area contributed by atoms with Crippen molar-refractivity contribution in [3.63, 3.8) is 0 Å². The minimum atomic E-state index is -0.845. The van der Waals surface area contributed by atoms with Gasteiger partial charge < -0.3 is 5.11 Å². The van der Waals surface area contributed by atoms with Crippen LogP contribution >= 0.6 is 11.8 Å². The van der Waals surface area contributed by atoms with E-state index in [1.165, 1.54) is 23.9 Å². The molecule has 88 valence electrons. The second-order valence-corrected chi connectivity index (χ2v) is 4.63. The quantitative estimate of drug-likeness (QED) is 0.900. The largest absolute Gasteiger partial charge is 0.392 e. The molecule has 0 saturated carbocycles. The van der Waals surface area contributed by atoms with Crippen LogP contribution in [0.3, 0.4) is 0 Å². The van der Waals surface area contributed by atoms with Crippen molar-refractivity contribution in [2.24, 2.45) is 0 Å². The average molecular weight is 252 g/mol. The lowest BCUT2D eigenvalue weighted by atomic mass is 10.2. The van der Waals surface area contributed by atoms with Gasteiger partial charge in [-0.1, -0.05) is 23.9 Å². The zero-order valence-electron chi connectivity index (χ0n) is 8.86. The van der Waals surface area contributed by atoms with E-state index in [0.717, 1.165) is 16.5 Å². The first-order valence-corrected chi connectivity index (χ1v) is 5.83. The van der Waals surface area contributed by atoms with Crippen molar-refractivity contribution >= 4 is 11.8 Å². The van der Waals surface area contributed by atoms with Gasteiger partial charge in [-0.3, -0.25) is 0 Å². The molecule has 1 N–H and O–H groups in total. The minimum absolute atomic E-state index is 0.00385. The molecule has 17 heavy (non-hydrogen) atoms. The highest BCUT2D eigenvalue weighted by Gasteiger charge is 2.04. The van der Waals surface area contributed by atoms with Gasteiger partial charge in [0.1, 0.15) is 0 Å². The maximum Gasteiger partial charge on any atom is 0.159 e. The van der Waals surface area contributed by atoms with E-state index in [4.69, 9.17) is 5.11 Å². The van der Waals surface area contributed by atoms with Crippen LogP contribution in [0.4, 0.5) is 8.78 Å². The number of aliphatic hydroxyl groups excluding tert-OH is 1. The van der Waals surface area contributed by atoms with E-state index in [0.29, 0.717) is 4.90 Å². The van der Waals surface area contributed by atoms with Crippen molar-refractivity contribution in [1.29, 1.82) is 0 Å². The molecule has 2 rings (SSSR count). The summed E-state index contributed by atoms with van der Waals surface area (Å²) < 4.78 is 25.7. The van der Waals surface area contributed by atoms with Crippen LogP contribution in [0.5, 0.6) is 0 Å². The minimum Gasteiger partial charge on any atom is -0.392 e. The van der Waals surface area contributed by atoms with Gasteiger partial charge in [0.25, 0.3) is 0 Å².